The average molecular weight is 261 g/mol. The maximum Gasteiger partial charge on any atom is 0.323 e. The third-order valence-corrected chi connectivity index (χ3v) is 4.38. The van der Waals surface area contributed by atoms with Gasteiger partial charge in [-0.15, -0.1) is 0 Å². The lowest BCUT2D eigenvalue weighted by molar-refractivity contribution is -0.144. The lowest BCUT2D eigenvalue weighted by Crippen LogP contribution is -2.40. The summed E-state index contributed by atoms with van der Waals surface area (Å²) in [5.41, 5.74) is 0. The average Bonchev–Trinajstić information content (AvgIpc) is 2.70. The molecule has 0 amide bonds. The highest BCUT2D eigenvalue weighted by atomic mass is 32.2. The van der Waals surface area contributed by atoms with Crippen LogP contribution in [0.25, 0.3) is 0 Å². The van der Waals surface area contributed by atoms with Gasteiger partial charge in [-0.1, -0.05) is 6.92 Å². The zero-order valence-corrected chi connectivity index (χ0v) is 11.7. The number of likely N-dealkylation sites (N-methyl/N-ethyl adjacent to an activating group) is 1. The first kappa shape index (κ1) is 14.8. The molecule has 0 spiro atoms. The van der Waals surface area contributed by atoms with Crippen molar-refractivity contribution < 1.29 is 14.3 Å². The molecule has 5 heteroatoms. The maximum atomic E-state index is 11.7. The van der Waals surface area contributed by atoms with Crippen LogP contribution in [0, 0.1) is 0 Å². The molecule has 17 heavy (non-hydrogen) atoms. The van der Waals surface area contributed by atoms with E-state index >= 15 is 0 Å². The number of hydrogen-bond acceptors (Lipinski definition) is 5. The second-order valence-corrected chi connectivity index (χ2v) is 5.37. The van der Waals surface area contributed by atoms with Crippen LogP contribution in [0.1, 0.15) is 27.2 Å². The van der Waals surface area contributed by atoms with Gasteiger partial charge in [0.05, 0.1) is 12.7 Å². The van der Waals surface area contributed by atoms with Crippen molar-refractivity contribution in [3.05, 3.63) is 0 Å². The standard InChI is InChI=1S/C12H23NO3S/c1-4-13-10(12(14)15-5-2)8-17-11-6-7-16-9(11)3/h9-11,13H,4-8H2,1-3H3. The van der Waals surface area contributed by atoms with E-state index in [2.05, 4.69) is 12.2 Å². The molecular weight excluding hydrogens is 238 g/mol. The predicted octanol–water partition coefficient (Wildman–Crippen LogP) is 1.44. The van der Waals surface area contributed by atoms with Gasteiger partial charge in [-0.2, -0.15) is 11.8 Å². The summed E-state index contributed by atoms with van der Waals surface area (Å²) in [6, 6.07) is -0.197. The lowest BCUT2D eigenvalue weighted by Gasteiger charge is -2.19. The van der Waals surface area contributed by atoms with Crippen LogP contribution in [0.5, 0.6) is 0 Å². The Hall–Kier alpha value is -0.260. The van der Waals surface area contributed by atoms with Crippen LogP contribution < -0.4 is 5.32 Å². The minimum atomic E-state index is -0.197. The number of hydrogen-bond donors (Lipinski definition) is 1. The second kappa shape index (κ2) is 7.95. The highest BCUT2D eigenvalue weighted by Crippen LogP contribution is 2.26. The van der Waals surface area contributed by atoms with Crippen molar-refractivity contribution in [3.8, 4) is 0 Å². The van der Waals surface area contributed by atoms with Gasteiger partial charge in [0.1, 0.15) is 6.04 Å². The molecule has 0 saturated carbocycles. The van der Waals surface area contributed by atoms with Crippen LogP contribution in [0.2, 0.25) is 0 Å². The molecule has 0 radical (unpaired) electrons. The summed E-state index contributed by atoms with van der Waals surface area (Å²) in [4.78, 5) is 11.7. The number of carbonyl (C=O) groups is 1. The van der Waals surface area contributed by atoms with Gasteiger partial charge in [0.25, 0.3) is 0 Å². The van der Waals surface area contributed by atoms with E-state index in [1.54, 1.807) is 11.8 Å². The smallest absolute Gasteiger partial charge is 0.323 e. The van der Waals surface area contributed by atoms with Crippen molar-refractivity contribution in [2.45, 2.75) is 44.6 Å². The van der Waals surface area contributed by atoms with Gasteiger partial charge in [-0.3, -0.25) is 4.79 Å². The zero-order chi connectivity index (χ0) is 12.7. The summed E-state index contributed by atoms with van der Waals surface area (Å²) in [6.07, 6.45) is 1.37. The fraction of sp³-hybridized carbons (Fsp3) is 0.917. The van der Waals surface area contributed by atoms with Gasteiger partial charge in [0.2, 0.25) is 0 Å². The number of ether oxygens (including phenoxy) is 2. The van der Waals surface area contributed by atoms with Crippen LogP contribution in [-0.2, 0) is 14.3 Å². The molecule has 1 saturated heterocycles. The number of nitrogens with one attached hydrogen (secondary N) is 1. The molecule has 1 aliphatic rings. The Bertz CT molecular complexity index is 238. The molecule has 0 bridgehead atoms. The molecule has 0 aliphatic carbocycles. The van der Waals surface area contributed by atoms with E-state index in [0.29, 0.717) is 18.0 Å². The van der Waals surface area contributed by atoms with Crippen LogP contribution in [0.3, 0.4) is 0 Å². The minimum absolute atomic E-state index is 0.145. The van der Waals surface area contributed by atoms with Gasteiger partial charge >= 0.3 is 5.97 Å². The van der Waals surface area contributed by atoms with E-state index in [1.165, 1.54) is 0 Å². The van der Waals surface area contributed by atoms with Crippen LogP contribution in [-0.4, -0.2) is 48.9 Å². The molecule has 0 aromatic heterocycles. The van der Waals surface area contributed by atoms with E-state index < -0.39 is 0 Å². The van der Waals surface area contributed by atoms with Gasteiger partial charge in [0, 0.05) is 17.6 Å². The van der Waals surface area contributed by atoms with Crippen LogP contribution >= 0.6 is 11.8 Å². The molecule has 100 valence electrons. The van der Waals surface area contributed by atoms with E-state index in [1.807, 2.05) is 13.8 Å². The summed E-state index contributed by atoms with van der Waals surface area (Å²) < 4.78 is 10.6. The summed E-state index contributed by atoms with van der Waals surface area (Å²) in [5, 5.41) is 3.67. The molecule has 0 aromatic rings. The van der Waals surface area contributed by atoms with Crippen LogP contribution in [0.15, 0.2) is 0 Å². The normalized spacial score (nSPS) is 25.8. The number of carbonyl (C=O) groups excluding carboxylic acids is 1. The number of esters is 1. The van der Waals surface area contributed by atoms with Crippen molar-refractivity contribution in [3.63, 3.8) is 0 Å². The Labute approximate surface area is 108 Å². The summed E-state index contributed by atoms with van der Waals surface area (Å²) >= 11 is 1.81. The van der Waals surface area contributed by atoms with E-state index in [9.17, 15) is 4.79 Å². The summed E-state index contributed by atoms with van der Waals surface area (Å²) in [5.74, 6) is 0.610. The largest absolute Gasteiger partial charge is 0.465 e. The molecule has 1 N–H and O–H groups in total. The van der Waals surface area contributed by atoms with Gasteiger partial charge in [-0.25, -0.2) is 0 Å². The first-order chi connectivity index (χ1) is 8.19. The van der Waals surface area contributed by atoms with E-state index in [0.717, 1.165) is 25.3 Å². The number of rotatable bonds is 7. The Kier molecular flexibility index (Phi) is 6.92. The Morgan fingerprint density at radius 2 is 2.35 bits per heavy atom. The van der Waals surface area contributed by atoms with Crippen molar-refractivity contribution in [2.75, 3.05) is 25.5 Å². The fourth-order valence-electron chi connectivity index (χ4n) is 1.85. The first-order valence-corrected chi connectivity index (χ1v) is 7.37. The Balaban J connectivity index is 2.35. The van der Waals surface area contributed by atoms with E-state index in [4.69, 9.17) is 9.47 Å². The highest BCUT2D eigenvalue weighted by Gasteiger charge is 2.27. The Morgan fingerprint density at radius 1 is 1.59 bits per heavy atom. The topological polar surface area (TPSA) is 47.6 Å². The molecular formula is C12H23NO3S. The van der Waals surface area contributed by atoms with Crippen molar-refractivity contribution in [2.24, 2.45) is 0 Å². The van der Waals surface area contributed by atoms with E-state index in [-0.39, 0.29) is 12.0 Å². The third kappa shape index (κ3) is 4.85. The van der Waals surface area contributed by atoms with Gasteiger partial charge < -0.3 is 14.8 Å². The third-order valence-electron chi connectivity index (χ3n) is 2.81. The van der Waals surface area contributed by atoms with Crippen LogP contribution in [0.4, 0.5) is 0 Å². The van der Waals surface area contributed by atoms with Crippen molar-refractivity contribution in [1.82, 2.24) is 5.32 Å². The summed E-state index contributed by atoms with van der Waals surface area (Å²) in [7, 11) is 0. The molecule has 1 heterocycles. The first-order valence-electron chi connectivity index (χ1n) is 6.32. The Morgan fingerprint density at radius 3 is 2.88 bits per heavy atom. The van der Waals surface area contributed by atoms with Gasteiger partial charge in [0.15, 0.2) is 0 Å². The fourth-order valence-corrected chi connectivity index (χ4v) is 3.16. The van der Waals surface area contributed by atoms with Crippen molar-refractivity contribution >= 4 is 17.7 Å². The predicted molar refractivity (Wildman–Crippen MR) is 70.4 cm³/mol. The molecule has 3 unspecified atom stereocenters. The molecule has 1 rings (SSSR count). The quantitative estimate of drug-likeness (QED) is 0.703. The molecule has 4 nitrogen and oxygen atoms in total. The minimum Gasteiger partial charge on any atom is -0.465 e. The van der Waals surface area contributed by atoms with Crippen molar-refractivity contribution in [1.29, 1.82) is 0 Å². The summed E-state index contributed by atoms with van der Waals surface area (Å²) in [6.45, 7) is 7.98. The maximum absolute atomic E-state index is 11.7. The zero-order valence-electron chi connectivity index (χ0n) is 10.9. The molecule has 3 atom stereocenters. The molecule has 1 aliphatic heterocycles. The molecule has 1 fully saturated rings. The number of thioether (sulfide) groups is 1. The lowest BCUT2D eigenvalue weighted by atomic mass is 10.3. The highest BCUT2D eigenvalue weighted by molar-refractivity contribution is 8.00. The SMILES string of the molecule is CCNC(CSC1CCOC1C)C(=O)OCC. The van der Waals surface area contributed by atoms with Gasteiger partial charge in [-0.05, 0) is 26.8 Å². The second-order valence-electron chi connectivity index (χ2n) is 4.10. The monoisotopic (exact) mass is 261 g/mol. The molecule has 0 aromatic carbocycles.